The summed E-state index contributed by atoms with van der Waals surface area (Å²) >= 11 is 0. The molecular formula is C18H25N3O. The van der Waals surface area contributed by atoms with Crippen molar-refractivity contribution in [3.05, 3.63) is 36.0 Å². The number of piperazine rings is 1. The van der Waals surface area contributed by atoms with Crippen LogP contribution in [0.4, 0.5) is 0 Å². The van der Waals surface area contributed by atoms with Crippen LogP contribution in [-0.4, -0.2) is 48.7 Å². The molecule has 0 bridgehead atoms. The van der Waals surface area contributed by atoms with E-state index in [0.717, 1.165) is 50.4 Å². The van der Waals surface area contributed by atoms with Crippen LogP contribution in [0, 0.1) is 0 Å². The van der Waals surface area contributed by atoms with Crippen molar-refractivity contribution in [2.45, 2.75) is 26.4 Å². The van der Waals surface area contributed by atoms with E-state index in [1.165, 1.54) is 10.9 Å². The molecule has 0 saturated carbocycles. The van der Waals surface area contributed by atoms with Gasteiger partial charge in [0.05, 0.1) is 6.10 Å². The van der Waals surface area contributed by atoms with Crippen molar-refractivity contribution in [1.29, 1.82) is 0 Å². The maximum absolute atomic E-state index is 5.90. The van der Waals surface area contributed by atoms with Gasteiger partial charge in [-0.15, -0.1) is 0 Å². The second-order valence-electron chi connectivity index (χ2n) is 6.13. The average molecular weight is 299 g/mol. The largest absolute Gasteiger partial charge is 0.489 e. The standard InChI is InChI=1S/C18H25N3O/c1-14(2)22-17-6-5-15(16-4-3-8-20-18(16)17)7-11-21-12-9-19-10-13-21/h3-6,8,14,19H,7,9-13H2,1-2H3. The topological polar surface area (TPSA) is 37.4 Å². The fraction of sp³-hybridized carbons (Fsp3) is 0.500. The summed E-state index contributed by atoms with van der Waals surface area (Å²) in [6.07, 6.45) is 3.07. The van der Waals surface area contributed by atoms with Crippen LogP contribution >= 0.6 is 0 Å². The highest BCUT2D eigenvalue weighted by Crippen LogP contribution is 2.27. The molecule has 1 fully saturated rings. The van der Waals surface area contributed by atoms with Crippen LogP contribution in [0.1, 0.15) is 19.4 Å². The number of hydrogen-bond acceptors (Lipinski definition) is 4. The van der Waals surface area contributed by atoms with Crippen molar-refractivity contribution >= 4 is 10.9 Å². The Morgan fingerprint density at radius 2 is 2.05 bits per heavy atom. The molecule has 1 saturated heterocycles. The lowest BCUT2D eigenvalue weighted by molar-refractivity contribution is 0.243. The van der Waals surface area contributed by atoms with Gasteiger partial charge in [-0.1, -0.05) is 12.1 Å². The lowest BCUT2D eigenvalue weighted by Crippen LogP contribution is -2.44. The summed E-state index contributed by atoms with van der Waals surface area (Å²) in [7, 11) is 0. The van der Waals surface area contributed by atoms with Crippen LogP contribution in [0.3, 0.4) is 0 Å². The van der Waals surface area contributed by atoms with Gasteiger partial charge in [0.25, 0.3) is 0 Å². The van der Waals surface area contributed by atoms with Gasteiger partial charge in [-0.25, -0.2) is 0 Å². The molecule has 1 aromatic heterocycles. The van der Waals surface area contributed by atoms with E-state index in [2.05, 4.69) is 33.4 Å². The van der Waals surface area contributed by atoms with Gasteiger partial charge in [-0.3, -0.25) is 4.98 Å². The smallest absolute Gasteiger partial charge is 0.145 e. The number of pyridine rings is 1. The van der Waals surface area contributed by atoms with Gasteiger partial charge in [-0.2, -0.15) is 0 Å². The molecule has 0 unspecified atom stereocenters. The maximum atomic E-state index is 5.90. The molecule has 4 nitrogen and oxygen atoms in total. The normalized spacial score (nSPS) is 16.3. The Bertz CT molecular complexity index is 621. The summed E-state index contributed by atoms with van der Waals surface area (Å²) < 4.78 is 5.90. The molecule has 1 aliphatic heterocycles. The molecule has 4 heteroatoms. The van der Waals surface area contributed by atoms with Gasteiger partial charge in [0, 0.05) is 44.3 Å². The first-order chi connectivity index (χ1) is 10.7. The number of fused-ring (bicyclic) bond motifs is 1. The molecule has 2 heterocycles. The third-order valence-electron chi connectivity index (χ3n) is 4.09. The molecule has 2 aromatic rings. The highest BCUT2D eigenvalue weighted by atomic mass is 16.5. The molecule has 1 aliphatic rings. The Balaban J connectivity index is 1.80. The molecule has 3 rings (SSSR count). The quantitative estimate of drug-likeness (QED) is 0.920. The van der Waals surface area contributed by atoms with Crippen LogP contribution in [-0.2, 0) is 6.42 Å². The highest BCUT2D eigenvalue weighted by molar-refractivity contribution is 5.87. The van der Waals surface area contributed by atoms with Crippen LogP contribution in [0.25, 0.3) is 10.9 Å². The monoisotopic (exact) mass is 299 g/mol. The van der Waals surface area contributed by atoms with E-state index in [1.54, 1.807) is 0 Å². The second kappa shape index (κ2) is 7.07. The number of ether oxygens (including phenoxy) is 1. The van der Waals surface area contributed by atoms with Crippen LogP contribution < -0.4 is 10.1 Å². The van der Waals surface area contributed by atoms with Crippen molar-refractivity contribution in [3.8, 4) is 5.75 Å². The van der Waals surface area contributed by atoms with Gasteiger partial charge in [0.1, 0.15) is 11.3 Å². The zero-order chi connectivity index (χ0) is 15.4. The SMILES string of the molecule is CC(C)Oc1ccc(CCN2CCNCC2)c2cccnc12. The molecule has 0 radical (unpaired) electrons. The van der Waals surface area contributed by atoms with Gasteiger partial charge in [0.15, 0.2) is 0 Å². The Kier molecular flexibility index (Phi) is 4.90. The molecule has 0 spiro atoms. The molecule has 22 heavy (non-hydrogen) atoms. The second-order valence-corrected chi connectivity index (χ2v) is 6.13. The van der Waals surface area contributed by atoms with E-state index in [9.17, 15) is 0 Å². The molecular weight excluding hydrogens is 274 g/mol. The van der Waals surface area contributed by atoms with Gasteiger partial charge >= 0.3 is 0 Å². The van der Waals surface area contributed by atoms with Gasteiger partial charge in [0.2, 0.25) is 0 Å². The highest BCUT2D eigenvalue weighted by Gasteiger charge is 2.12. The minimum atomic E-state index is 0.164. The fourth-order valence-corrected chi connectivity index (χ4v) is 2.99. The van der Waals surface area contributed by atoms with Crippen molar-refractivity contribution in [2.75, 3.05) is 32.7 Å². The summed E-state index contributed by atoms with van der Waals surface area (Å²) in [5, 5.41) is 4.62. The van der Waals surface area contributed by atoms with E-state index in [4.69, 9.17) is 4.74 Å². The van der Waals surface area contributed by atoms with Crippen molar-refractivity contribution in [2.24, 2.45) is 0 Å². The Hall–Kier alpha value is -1.65. The minimum Gasteiger partial charge on any atom is -0.489 e. The molecule has 118 valence electrons. The summed E-state index contributed by atoms with van der Waals surface area (Å²) in [5.74, 6) is 0.886. The Morgan fingerprint density at radius 3 is 2.82 bits per heavy atom. The summed E-state index contributed by atoms with van der Waals surface area (Å²) in [6.45, 7) is 9.69. The van der Waals surface area contributed by atoms with E-state index < -0.39 is 0 Å². The summed E-state index contributed by atoms with van der Waals surface area (Å²) in [6, 6.07) is 8.44. The van der Waals surface area contributed by atoms with Crippen LogP contribution in [0.15, 0.2) is 30.5 Å². The fourth-order valence-electron chi connectivity index (χ4n) is 2.99. The minimum absolute atomic E-state index is 0.164. The van der Waals surface area contributed by atoms with Crippen LogP contribution in [0.5, 0.6) is 5.75 Å². The predicted octanol–water partition coefficient (Wildman–Crippen LogP) is 2.47. The lowest BCUT2D eigenvalue weighted by atomic mass is 10.0. The third kappa shape index (κ3) is 3.57. The first kappa shape index (κ1) is 15.3. The Labute approximate surface area is 132 Å². The number of aromatic nitrogens is 1. The zero-order valence-electron chi connectivity index (χ0n) is 13.5. The number of benzene rings is 1. The maximum Gasteiger partial charge on any atom is 0.145 e. The zero-order valence-corrected chi connectivity index (χ0v) is 13.5. The van der Waals surface area contributed by atoms with E-state index >= 15 is 0 Å². The van der Waals surface area contributed by atoms with Crippen molar-refractivity contribution in [3.63, 3.8) is 0 Å². The lowest BCUT2D eigenvalue weighted by Gasteiger charge is -2.27. The molecule has 1 N–H and O–H groups in total. The molecule has 0 amide bonds. The number of nitrogens with zero attached hydrogens (tertiary/aromatic N) is 2. The molecule has 1 aromatic carbocycles. The number of nitrogens with one attached hydrogen (secondary N) is 1. The number of hydrogen-bond donors (Lipinski definition) is 1. The van der Waals surface area contributed by atoms with Gasteiger partial charge in [-0.05, 0) is 38.0 Å². The first-order valence-electron chi connectivity index (χ1n) is 8.20. The van der Waals surface area contributed by atoms with Crippen LogP contribution in [0.2, 0.25) is 0 Å². The van der Waals surface area contributed by atoms with Crippen molar-refractivity contribution in [1.82, 2.24) is 15.2 Å². The van der Waals surface area contributed by atoms with Crippen molar-refractivity contribution < 1.29 is 4.74 Å². The van der Waals surface area contributed by atoms with E-state index in [0.29, 0.717) is 0 Å². The molecule has 0 atom stereocenters. The third-order valence-corrected chi connectivity index (χ3v) is 4.09. The van der Waals surface area contributed by atoms with Gasteiger partial charge < -0.3 is 15.0 Å². The Morgan fingerprint density at radius 1 is 1.23 bits per heavy atom. The summed E-state index contributed by atoms with van der Waals surface area (Å²) in [4.78, 5) is 7.07. The predicted molar refractivity (Wildman–Crippen MR) is 90.5 cm³/mol. The average Bonchev–Trinajstić information content (AvgIpc) is 2.55. The molecule has 0 aliphatic carbocycles. The van der Waals surface area contributed by atoms with E-state index in [-0.39, 0.29) is 6.10 Å². The summed E-state index contributed by atoms with van der Waals surface area (Å²) in [5.41, 5.74) is 2.34. The number of rotatable bonds is 5. The van der Waals surface area contributed by atoms with E-state index in [1.807, 2.05) is 26.1 Å². The first-order valence-corrected chi connectivity index (χ1v) is 8.20.